The molecular formula is C11H10F4N4O2. The van der Waals surface area contributed by atoms with Crippen LogP contribution >= 0.6 is 0 Å². The van der Waals surface area contributed by atoms with E-state index in [-0.39, 0.29) is 11.7 Å². The molecule has 6 nitrogen and oxygen atoms in total. The summed E-state index contributed by atoms with van der Waals surface area (Å²) in [6.45, 7) is -1.92. The molecule has 2 aromatic heterocycles. The van der Waals surface area contributed by atoms with Crippen molar-refractivity contribution in [3.8, 4) is 11.5 Å². The van der Waals surface area contributed by atoms with Crippen molar-refractivity contribution in [1.29, 1.82) is 0 Å². The molecule has 0 aliphatic rings. The summed E-state index contributed by atoms with van der Waals surface area (Å²) in [6.07, 6.45) is -0.966. The molecular weight excluding hydrogens is 296 g/mol. The Balaban J connectivity index is 1.95. The summed E-state index contributed by atoms with van der Waals surface area (Å²) in [5.41, 5.74) is 6.34. The van der Waals surface area contributed by atoms with Crippen LogP contribution in [0.4, 0.5) is 23.2 Å². The average molecular weight is 306 g/mol. The number of ether oxygens (including phenoxy) is 1. The van der Waals surface area contributed by atoms with Crippen LogP contribution in [0.15, 0.2) is 23.0 Å². The predicted molar refractivity (Wildman–Crippen MR) is 62.5 cm³/mol. The second-order valence-corrected chi connectivity index (χ2v) is 4.08. The van der Waals surface area contributed by atoms with Crippen LogP contribution < -0.4 is 5.73 Å². The van der Waals surface area contributed by atoms with Crippen molar-refractivity contribution < 1.29 is 26.8 Å². The summed E-state index contributed by atoms with van der Waals surface area (Å²) in [6, 6.07) is 1.52. The first-order chi connectivity index (χ1) is 9.88. The number of nitrogen functional groups attached to an aromatic ring is 1. The molecule has 2 rings (SSSR count). The van der Waals surface area contributed by atoms with Gasteiger partial charge < -0.3 is 15.0 Å². The molecule has 2 heterocycles. The third kappa shape index (κ3) is 3.88. The van der Waals surface area contributed by atoms with Crippen molar-refractivity contribution in [3.63, 3.8) is 0 Å². The van der Waals surface area contributed by atoms with Crippen LogP contribution in [-0.2, 0) is 11.3 Å². The number of nitrogens with zero attached hydrogens (tertiary/aromatic N) is 3. The maximum Gasteiger partial charge on any atom is 0.330 e. The van der Waals surface area contributed by atoms with Crippen LogP contribution in [0.5, 0.6) is 0 Å². The zero-order valence-electron chi connectivity index (χ0n) is 10.5. The number of alkyl halides is 4. The minimum absolute atomic E-state index is 0.0579. The normalized spacial score (nSPS) is 12.0. The van der Waals surface area contributed by atoms with E-state index >= 15 is 0 Å². The molecule has 21 heavy (non-hydrogen) atoms. The fraction of sp³-hybridized carbons (Fsp3) is 0.364. The highest BCUT2D eigenvalue weighted by atomic mass is 19.3. The van der Waals surface area contributed by atoms with Crippen molar-refractivity contribution >= 4 is 5.69 Å². The summed E-state index contributed by atoms with van der Waals surface area (Å²) in [4.78, 5) is 7.67. The van der Waals surface area contributed by atoms with Crippen LogP contribution in [0, 0.1) is 0 Å². The van der Waals surface area contributed by atoms with Crippen molar-refractivity contribution in [1.82, 2.24) is 15.1 Å². The van der Waals surface area contributed by atoms with Crippen molar-refractivity contribution in [2.75, 3.05) is 12.3 Å². The fourth-order valence-electron chi connectivity index (χ4n) is 1.35. The van der Waals surface area contributed by atoms with Crippen LogP contribution in [0.2, 0.25) is 0 Å². The Hall–Kier alpha value is -2.23. The Bertz CT molecular complexity index is 605. The standard InChI is InChI=1S/C11H10F4N4O2/c12-10(13)11(14,15)5-20-4-8-18-9(21-19-8)6-1-7(16)3-17-2-6/h1-3,10H,4-5,16H2. The van der Waals surface area contributed by atoms with Crippen molar-refractivity contribution in [2.24, 2.45) is 0 Å². The number of hydrogen-bond donors (Lipinski definition) is 1. The van der Waals surface area contributed by atoms with Gasteiger partial charge in [-0.1, -0.05) is 5.16 Å². The van der Waals surface area contributed by atoms with Gasteiger partial charge in [-0.05, 0) is 6.07 Å². The molecule has 10 heteroatoms. The molecule has 0 bridgehead atoms. The predicted octanol–water partition coefficient (Wildman–Crippen LogP) is 2.13. The number of rotatable bonds is 6. The van der Waals surface area contributed by atoms with Crippen LogP contribution in [0.3, 0.4) is 0 Å². The van der Waals surface area contributed by atoms with Gasteiger partial charge in [-0.2, -0.15) is 13.8 Å². The zero-order valence-corrected chi connectivity index (χ0v) is 10.5. The van der Waals surface area contributed by atoms with Gasteiger partial charge in [0.2, 0.25) is 0 Å². The molecule has 0 spiro atoms. The summed E-state index contributed by atoms with van der Waals surface area (Å²) in [5.74, 6) is -4.21. The van der Waals surface area contributed by atoms with Gasteiger partial charge in [0, 0.05) is 12.4 Å². The van der Waals surface area contributed by atoms with E-state index in [9.17, 15) is 17.6 Å². The van der Waals surface area contributed by atoms with E-state index < -0.39 is 25.6 Å². The first kappa shape index (κ1) is 15.2. The highest BCUT2D eigenvalue weighted by molar-refractivity contribution is 5.57. The summed E-state index contributed by atoms with van der Waals surface area (Å²) < 4.78 is 58.3. The SMILES string of the molecule is Nc1cncc(-c2nc(COCC(F)(F)C(F)F)no2)c1. The molecule has 0 unspecified atom stereocenters. The van der Waals surface area contributed by atoms with Crippen LogP contribution in [0.1, 0.15) is 5.82 Å². The van der Waals surface area contributed by atoms with Crippen molar-refractivity contribution in [2.45, 2.75) is 19.0 Å². The van der Waals surface area contributed by atoms with E-state index in [1.807, 2.05) is 0 Å². The second-order valence-electron chi connectivity index (χ2n) is 4.08. The topological polar surface area (TPSA) is 87.1 Å². The number of halogens is 4. The number of anilines is 1. The van der Waals surface area contributed by atoms with Gasteiger partial charge in [-0.15, -0.1) is 0 Å². The first-order valence-electron chi connectivity index (χ1n) is 5.65. The van der Waals surface area contributed by atoms with E-state index in [4.69, 9.17) is 10.3 Å². The fourth-order valence-corrected chi connectivity index (χ4v) is 1.35. The minimum atomic E-state index is -4.22. The monoisotopic (exact) mass is 306 g/mol. The average Bonchev–Trinajstić information content (AvgIpc) is 2.87. The van der Waals surface area contributed by atoms with Gasteiger partial charge in [0.25, 0.3) is 5.89 Å². The molecule has 0 aliphatic carbocycles. The maximum atomic E-state index is 12.6. The Morgan fingerprint density at radius 3 is 2.76 bits per heavy atom. The van der Waals surface area contributed by atoms with Gasteiger partial charge in [-0.3, -0.25) is 4.98 Å². The highest BCUT2D eigenvalue weighted by Gasteiger charge is 2.41. The lowest BCUT2D eigenvalue weighted by molar-refractivity contribution is -0.168. The van der Waals surface area contributed by atoms with Gasteiger partial charge in [-0.25, -0.2) is 8.78 Å². The van der Waals surface area contributed by atoms with E-state index in [2.05, 4.69) is 19.9 Å². The van der Waals surface area contributed by atoms with Gasteiger partial charge in [0.15, 0.2) is 5.82 Å². The zero-order chi connectivity index (χ0) is 15.5. The Labute approximate surface area is 115 Å². The number of hydrogen-bond acceptors (Lipinski definition) is 6. The molecule has 0 saturated heterocycles. The van der Waals surface area contributed by atoms with E-state index in [0.29, 0.717) is 11.3 Å². The van der Waals surface area contributed by atoms with Gasteiger partial charge in [0.1, 0.15) is 13.2 Å². The number of pyridine rings is 1. The number of aromatic nitrogens is 3. The lowest BCUT2D eigenvalue weighted by Gasteiger charge is -2.14. The largest absolute Gasteiger partial charge is 0.397 e. The Morgan fingerprint density at radius 2 is 2.10 bits per heavy atom. The summed E-state index contributed by atoms with van der Waals surface area (Å²) in [7, 11) is 0. The molecule has 114 valence electrons. The van der Waals surface area contributed by atoms with Crippen LogP contribution in [0.25, 0.3) is 11.5 Å². The smallest absolute Gasteiger partial charge is 0.330 e. The molecule has 0 atom stereocenters. The van der Waals surface area contributed by atoms with E-state index in [1.165, 1.54) is 18.5 Å². The van der Waals surface area contributed by atoms with Gasteiger partial charge >= 0.3 is 12.3 Å². The third-order valence-electron chi connectivity index (χ3n) is 2.32. The lowest BCUT2D eigenvalue weighted by Crippen LogP contribution is -2.32. The summed E-state index contributed by atoms with van der Waals surface area (Å²) >= 11 is 0. The quantitative estimate of drug-likeness (QED) is 0.823. The molecule has 0 fully saturated rings. The summed E-state index contributed by atoms with van der Waals surface area (Å²) in [5, 5.41) is 3.47. The lowest BCUT2D eigenvalue weighted by atomic mass is 10.2. The molecule has 2 aromatic rings. The Morgan fingerprint density at radius 1 is 1.33 bits per heavy atom. The van der Waals surface area contributed by atoms with E-state index in [1.54, 1.807) is 0 Å². The first-order valence-corrected chi connectivity index (χ1v) is 5.65. The molecule has 0 aromatic carbocycles. The van der Waals surface area contributed by atoms with Crippen LogP contribution in [-0.4, -0.2) is 34.1 Å². The third-order valence-corrected chi connectivity index (χ3v) is 2.32. The molecule has 0 saturated carbocycles. The molecule has 0 aliphatic heterocycles. The molecule has 2 N–H and O–H groups in total. The Kier molecular flexibility index (Phi) is 4.36. The highest BCUT2D eigenvalue weighted by Crippen LogP contribution is 2.23. The van der Waals surface area contributed by atoms with Crippen molar-refractivity contribution in [3.05, 3.63) is 24.3 Å². The number of nitrogens with two attached hydrogens (primary N) is 1. The second kappa shape index (κ2) is 6.04. The van der Waals surface area contributed by atoms with E-state index in [0.717, 1.165) is 0 Å². The molecule has 0 amide bonds. The minimum Gasteiger partial charge on any atom is -0.397 e. The maximum absolute atomic E-state index is 12.6. The molecule has 0 radical (unpaired) electrons. The van der Waals surface area contributed by atoms with Gasteiger partial charge in [0.05, 0.1) is 11.3 Å².